The zero-order valence-corrected chi connectivity index (χ0v) is 10.2. The van der Waals surface area contributed by atoms with E-state index >= 15 is 0 Å². The molecule has 78 valence electrons. The van der Waals surface area contributed by atoms with Crippen LogP contribution in [0, 0.1) is 17.3 Å². The maximum atomic E-state index is 3.94. The Bertz CT molecular complexity index is 402. The van der Waals surface area contributed by atoms with E-state index in [9.17, 15) is 0 Å². The molecule has 0 aromatic heterocycles. The molecule has 2 heteroatoms. The predicted octanol–water partition coefficient (Wildman–Crippen LogP) is 3.37. The van der Waals surface area contributed by atoms with Gasteiger partial charge >= 0.3 is 0 Å². The van der Waals surface area contributed by atoms with E-state index in [1.807, 2.05) is 30.3 Å². The van der Waals surface area contributed by atoms with Gasteiger partial charge in [-0.2, -0.15) is 0 Å². The Kier molecular flexibility index (Phi) is 3.99. The highest BCUT2D eigenvalue weighted by Gasteiger charge is 2.16. The van der Waals surface area contributed by atoms with E-state index in [-0.39, 0.29) is 5.41 Å². The lowest BCUT2D eigenvalue weighted by atomic mass is 9.90. The highest BCUT2D eigenvalue weighted by Crippen LogP contribution is 2.16. The highest BCUT2D eigenvalue weighted by atomic mass is 32.1. The van der Waals surface area contributed by atoms with Crippen molar-refractivity contribution >= 4 is 18.5 Å². The molecule has 0 N–H and O–H groups in total. The first-order chi connectivity index (χ1) is 7.04. The molecule has 0 bridgehead atoms. The van der Waals surface area contributed by atoms with Crippen LogP contribution in [0.2, 0.25) is 0 Å². The molecule has 0 saturated heterocycles. The first kappa shape index (κ1) is 11.9. The Morgan fingerprint density at radius 1 is 1.20 bits per heavy atom. The van der Waals surface area contributed by atoms with Crippen molar-refractivity contribution in [3.63, 3.8) is 0 Å². The maximum absolute atomic E-state index is 3.94. The lowest BCUT2D eigenvalue weighted by Gasteiger charge is -2.15. The zero-order valence-electron chi connectivity index (χ0n) is 9.28. The van der Waals surface area contributed by atoms with Crippen molar-refractivity contribution in [1.29, 1.82) is 0 Å². The van der Waals surface area contributed by atoms with Gasteiger partial charge in [0.15, 0.2) is 0 Å². The third kappa shape index (κ3) is 3.81. The van der Waals surface area contributed by atoms with Crippen molar-refractivity contribution in [2.75, 3.05) is 0 Å². The Morgan fingerprint density at radius 2 is 1.80 bits per heavy atom. The van der Waals surface area contributed by atoms with Gasteiger partial charge in [-0.15, -0.1) is 0 Å². The van der Waals surface area contributed by atoms with E-state index in [0.29, 0.717) is 0 Å². The molecule has 0 radical (unpaired) electrons. The van der Waals surface area contributed by atoms with Gasteiger partial charge in [0, 0.05) is 11.0 Å². The Hall–Kier alpha value is -1.20. The molecule has 0 heterocycles. The lowest BCUT2D eigenvalue weighted by molar-refractivity contribution is 0.598. The van der Waals surface area contributed by atoms with E-state index in [1.54, 1.807) is 0 Å². The molecule has 0 amide bonds. The average Bonchev–Trinajstić information content (AvgIpc) is 2.18. The Balaban J connectivity index is 2.91. The summed E-state index contributed by atoms with van der Waals surface area (Å²) in [5.41, 5.74) is 1.75. The largest absolute Gasteiger partial charge is 0.215 e. The van der Waals surface area contributed by atoms with Crippen LogP contribution >= 0.6 is 12.8 Å². The van der Waals surface area contributed by atoms with E-state index in [1.165, 1.54) is 0 Å². The van der Waals surface area contributed by atoms with Gasteiger partial charge in [0.1, 0.15) is 5.71 Å². The number of thiol groups is 1. The van der Waals surface area contributed by atoms with Crippen molar-refractivity contribution in [3.05, 3.63) is 35.9 Å². The second-order valence-corrected chi connectivity index (χ2v) is 4.51. The maximum Gasteiger partial charge on any atom is 0.104 e. The number of rotatable bonds is 0. The molecule has 15 heavy (non-hydrogen) atoms. The molecular weight excluding hydrogens is 202 g/mol. The molecule has 0 fully saturated rings. The number of nitrogens with zero attached hydrogens (tertiary/aromatic N) is 1. The van der Waals surface area contributed by atoms with Gasteiger partial charge < -0.3 is 0 Å². The van der Waals surface area contributed by atoms with Crippen molar-refractivity contribution in [2.45, 2.75) is 20.8 Å². The molecule has 0 aliphatic carbocycles. The summed E-state index contributed by atoms with van der Waals surface area (Å²) < 4.78 is 3.91. The summed E-state index contributed by atoms with van der Waals surface area (Å²) in [6.07, 6.45) is 0. The van der Waals surface area contributed by atoms with Crippen LogP contribution in [0.25, 0.3) is 0 Å². The van der Waals surface area contributed by atoms with Gasteiger partial charge in [0.05, 0.1) is 0 Å². The van der Waals surface area contributed by atoms with Gasteiger partial charge in [0.25, 0.3) is 0 Å². The normalized spacial score (nSPS) is 11.9. The van der Waals surface area contributed by atoms with Crippen molar-refractivity contribution < 1.29 is 0 Å². The Labute approximate surface area is 97.2 Å². The van der Waals surface area contributed by atoms with E-state index in [0.717, 1.165) is 11.3 Å². The fourth-order valence-corrected chi connectivity index (χ4v) is 1.37. The summed E-state index contributed by atoms with van der Waals surface area (Å²) in [5, 5.41) is 0. The molecule has 1 nitrogen and oxygen atoms in total. The monoisotopic (exact) mass is 217 g/mol. The molecule has 1 aromatic rings. The Morgan fingerprint density at radius 3 is 2.27 bits per heavy atom. The van der Waals surface area contributed by atoms with Gasteiger partial charge in [-0.1, -0.05) is 44.9 Å². The smallest absolute Gasteiger partial charge is 0.104 e. The van der Waals surface area contributed by atoms with Crippen LogP contribution in [-0.2, 0) is 0 Å². The third-order valence-electron chi connectivity index (χ3n) is 1.91. The SMILES string of the molecule is CC(C)(C)C(C#Cc1ccccc1)=NS. The van der Waals surface area contributed by atoms with Gasteiger partial charge in [-0.3, -0.25) is 0 Å². The molecule has 1 aromatic carbocycles. The second kappa shape index (κ2) is 5.04. The average molecular weight is 217 g/mol. The fourth-order valence-electron chi connectivity index (χ4n) is 1.02. The molecular formula is C13H15NS. The minimum Gasteiger partial charge on any atom is -0.215 e. The summed E-state index contributed by atoms with van der Waals surface area (Å²) in [6, 6.07) is 9.87. The first-order valence-electron chi connectivity index (χ1n) is 4.83. The molecule has 0 aliphatic heterocycles. The summed E-state index contributed by atoms with van der Waals surface area (Å²) in [4.78, 5) is 0. The topological polar surface area (TPSA) is 12.4 Å². The van der Waals surface area contributed by atoms with Crippen LogP contribution in [-0.4, -0.2) is 5.71 Å². The van der Waals surface area contributed by atoms with E-state index < -0.39 is 0 Å². The third-order valence-corrected chi connectivity index (χ3v) is 2.11. The van der Waals surface area contributed by atoms with Crippen LogP contribution < -0.4 is 0 Å². The summed E-state index contributed by atoms with van der Waals surface area (Å²) in [5.74, 6) is 6.12. The summed E-state index contributed by atoms with van der Waals surface area (Å²) in [7, 11) is 0. The lowest BCUT2D eigenvalue weighted by Crippen LogP contribution is -2.17. The number of hydrogen-bond donors (Lipinski definition) is 1. The first-order valence-corrected chi connectivity index (χ1v) is 5.23. The van der Waals surface area contributed by atoms with Gasteiger partial charge in [-0.25, -0.2) is 4.40 Å². The standard InChI is InChI=1S/C13H15NS/c1-13(2,3)12(14-15)10-9-11-7-5-4-6-8-11/h4-8,15H,1-3H3. The minimum absolute atomic E-state index is 0.0521. The predicted molar refractivity (Wildman–Crippen MR) is 69.2 cm³/mol. The number of hydrogen-bond acceptors (Lipinski definition) is 2. The van der Waals surface area contributed by atoms with Crippen LogP contribution in [0.3, 0.4) is 0 Å². The zero-order chi connectivity index (χ0) is 11.3. The molecule has 0 saturated carbocycles. The van der Waals surface area contributed by atoms with Gasteiger partial charge in [-0.05, 0) is 30.9 Å². The summed E-state index contributed by atoms with van der Waals surface area (Å²) in [6.45, 7) is 6.21. The van der Waals surface area contributed by atoms with Crippen molar-refractivity contribution in [2.24, 2.45) is 9.81 Å². The van der Waals surface area contributed by atoms with Crippen LogP contribution in [0.4, 0.5) is 0 Å². The van der Waals surface area contributed by atoms with Crippen LogP contribution in [0.1, 0.15) is 26.3 Å². The molecule has 0 atom stereocenters. The van der Waals surface area contributed by atoms with Crippen molar-refractivity contribution in [3.8, 4) is 11.8 Å². The molecule has 0 aliphatic rings. The molecule has 0 unspecified atom stereocenters. The second-order valence-electron chi connectivity index (χ2n) is 4.31. The summed E-state index contributed by atoms with van der Waals surface area (Å²) >= 11 is 3.94. The van der Waals surface area contributed by atoms with E-state index in [2.05, 4.69) is 49.8 Å². The highest BCUT2D eigenvalue weighted by molar-refractivity contribution is 7.79. The van der Waals surface area contributed by atoms with Gasteiger partial charge in [0.2, 0.25) is 0 Å². The van der Waals surface area contributed by atoms with Crippen LogP contribution in [0.5, 0.6) is 0 Å². The van der Waals surface area contributed by atoms with Crippen molar-refractivity contribution in [1.82, 2.24) is 0 Å². The fraction of sp³-hybridized carbons (Fsp3) is 0.308. The van der Waals surface area contributed by atoms with E-state index in [4.69, 9.17) is 0 Å². The molecule has 1 rings (SSSR count). The van der Waals surface area contributed by atoms with Crippen LogP contribution in [0.15, 0.2) is 34.7 Å². The quantitative estimate of drug-likeness (QED) is 0.388. The minimum atomic E-state index is -0.0521. The molecule has 0 spiro atoms. The number of benzene rings is 1.